The van der Waals surface area contributed by atoms with Gasteiger partial charge < -0.3 is 15.4 Å². The van der Waals surface area contributed by atoms with Crippen LogP contribution in [0.4, 0.5) is 0 Å². The van der Waals surface area contributed by atoms with Crippen molar-refractivity contribution in [3.05, 3.63) is 29.3 Å². The normalized spacial score (nSPS) is 22.3. The first-order valence-electron chi connectivity index (χ1n) is 9.05. The average molecular weight is 366 g/mol. The number of ether oxygens (including phenoxy) is 1. The molecule has 6 heteroatoms. The summed E-state index contributed by atoms with van der Waals surface area (Å²) in [7, 11) is 2.78. The Balaban J connectivity index is 1.88. The van der Waals surface area contributed by atoms with Gasteiger partial charge in [0, 0.05) is 41.4 Å². The zero-order valence-electron chi connectivity index (χ0n) is 15.8. The fraction of sp³-hybridized carbons (Fsp3) is 0.632. The summed E-state index contributed by atoms with van der Waals surface area (Å²) >= 11 is 0. The summed E-state index contributed by atoms with van der Waals surface area (Å²) in [5, 5.41) is 7.20. The molecule has 1 aromatic rings. The third kappa shape index (κ3) is 5.73. The highest BCUT2D eigenvalue weighted by Crippen LogP contribution is 2.23. The van der Waals surface area contributed by atoms with E-state index in [0.717, 1.165) is 48.7 Å². The summed E-state index contributed by atoms with van der Waals surface area (Å²) in [6, 6.07) is 6.53. The Morgan fingerprint density at radius 3 is 2.84 bits per heavy atom. The van der Waals surface area contributed by atoms with E-state index in [2.05, 4.69) is 27.8 Å². The maximum absolute atomic E-state index is 12.1. The van der Waals surface area contributed by atoms with Crippen LogP contribution < -0.4 is 15.4 Å². The third-order valence-corrected chi connectivity index (χ3v) is 6.51. The van der Waals surface area contributed by atoms with Crippen LogP contribution in [0, 0.1) is 6.92 Å². The first-order chi connectivity index (χ1) is 12.1. The van der Waals surface area contributed by atoms with E-state index in [1.54, 1.807) is 14.2 Å². The lowest BCUT2D eigenvalue weighted by Crippen LogP contribution is -2.46. The molecule has 1 saturated carbocycles. The quantitative estimate of drug-likeness (QED) is 0.601. The standard InChI is InChI=1S/C19H31N3O2S/c1-5-25(23)17-8-6-7-16(12-17)22-19(20-3)21-13-15-9-10-18(24-4)14(2)11-15/h9-11,16-17H,5-8,12-13H2,1-4H3,(H2,20,21,22). The van der Waals surface area contributed by atoms with Crippen molar-refractivity contribution in [1.29, 1.82) is 0 Å². The van der Waals surface area contributed by atoms with E-state index in [1.165, 1.54) is 5.56 Å². The van der Waals surface area contributed by atoms with E-state index in [9.17, 15) is 4.21 Å². The van der Waals surface area contributed by atoms with E-state index in [1.807, 2.05) is 19.9 Å². The predicted octanol–water partition coefficient (Wildman–Crippen LogP) is 2.75. The topological polar surface area (TPSA) is 62.7 Å². The summed E-state index contributed by atoms with van der Waals surface area (Å²) in [5.41, 5.74) is 2.32. The largest absolute Gasteiger partial charge is 0.496 e. The van der Waals surface area contributed by atoms with Gasteiger partial charge in [0.2, 0.25) is 0 Å². The van der Waals surface area contributed by atoms with Crippen LogP contribution in [-0.2, 0) is 17.3 Å². The smallest absolute Gasteiger partial charge is 0.191 e. The van der Waals surface area contributed by atoms with Crippen molar-refractivity contribution >= 4 is 16.8 Å². The number of guanidine groups is 1. The molecule has 0 aromatic heterocycles. The zero-order valence-corrected chi connectivity index (χ0v) is 16.6. The highest BCUT2D eigenvalue weighted by Gasteiger charge is 2.25. The van der Waals surface area contributed by atoms with Crippen LogP contribution in [0.5, 0.6) is 5.75 Å². The minimum absolute atomic E-state index is 0.318. The van der Waals surface area contributed by atoms with Gasteiger partial charge in [-0.1, -0.05) is 25.5 Å². The number of nitrogens with one attached hydrogen (secondary N) is 2. The van der Waals surface area contributed by atoms with Crippen LogP contribution in [0.3, 0.4) is 0 Å². The summed E-state index contributed by atoms with van der Waals surface area (Å²) in [5.74, 6) is 2.46. The van der Waals surface area contributed by atoms with Crippen molar-refractivity contribution in [2.45, 2.75) is 57.4 Å². The van der Waals surface area contributed by atoms with E-state index >= 15 is 0 Å². The van der Waals surface area contributed by atoms with Crippen LogP contribution >= 0.6 is 0 Å². The van der Waals surface area contributed by atoms with Gasteiger partial charge in [0.1, 0.15) is 5.75 Å². The molecule has 0 saturated heterocycles. The van der Waals surface area contributed by atoms with Crippen molar-refractivity contribution in [2.75, 3.05) is 19.9 Å². The molecule has 2 rings (SSSR count). The van der Waals surface area contributed by atoms with Gasteiger partial charge in [0.15, 0.2) is 5.96 Å². The fourth-order valence-corrected chi connectivity index (χ4v) is 4.72. The van der Waals surface area contributed by atoms with Crippen LogP contribution in [0.25, 0.3) is 0 Å². The lowest BCUT2D eigenvalue weighted by molar-refractivity contribution is 0.411. The number of aliphatic imine (C=N–C) groups is 1. The number of nitrogens with zero attached hydrogens (tertiary/aromatic N) is 1. The molecule has 2 N–H and O–H groups in total. The molecule has 1 aromatic carbocycles. The number of hydrogen-bond acceptors (Lipinski definition) is 3. The molecule has 140 valence electrons. The predicted molar refractivity (Wildman–Crippen MR) is 106 cm³/mol. The van der Waals surface area contributed by atoms with E-state index in [0.29, 0.717) is 17.8 Å². The van der Waals surface area contributed by atoms with Crippen LogP contribution in [-0.4, -0.2) is 41.4 Å². The number of benzene rings is 1. The SMILES string of the molecule is CCS(=O)C1CCCC(NC(=NC)NCc2ccc(OC)c(C)c2)C1. The van der Waals surface area contributed by atoms with Crippen molar-refractivity contribution in [3.63, 3.8) is 0 Å². The second kappa shape index (κ2) is 9.80. The summed E-state index contributed by atoms with van der Waals surface area (Å²) < 4.78 is 17.4. The van der Waals surface area contributed by atoms with Gasteiger partial charge in [-0.15, -0.1) is 0 Å². The second-order valence-corrected chi connectivity index (χ2v) is 8.53. The van der Waals surface area contributed by atoms with Crippen molar-refractivity contribution in [3.8, 4) is 5.75 Å². The average Bonchev–Trinajstić information content (AvgIpc) is 2.64. The summed E-state index contributed by atoms with van der Waals surface area (Å²) in [4.78, 5) is 4.34. The van der Waals surface area contributed by atoms with E-state index < -0.39 is 10.8 Å². The minimum atomic E-state index is -0.702. The van der Waals surface area contributed by atoms with Crippen molar-refractivity contribution in [2.24, 2.45) is 4.99 Å². The molecule has 0 radical (unpaired) electrons. The maximum atomic E-state index is 12.1. The number of hydrogen-bond donors (Lipinski definition) is 2. The van der Waals surface area contributed by atoms with Crippen LogP contribution in [0.2, 0.25) is 0 Å². The molecular weight excluding hydrogens is 334 g/mol. The number of rotatable bonds is 6. The molecule has 25 heavy (non-hydrogen) atoms. The first-order valence-corrected chi connectivity index (χ1v) is 10.4. The monoisotopic (exact) mass is 365 g/mol. The Morgan fingerprint density at radius 1 is 1.40 bits per heavy atom. The third-order valence-electron chi connectivity index (χ3n) is 4.77. The van der Waals surface area contributed by atoms with Gasteiger partial charge in [-0.2, -0.15) is 0 Å². The molecule has 5 nitrogen and oxygen atoms in total. The number of aryl methyl sites for hydroxylation is 1. The van der Waals surface area contributed by atoms with Gasteiger partial charge in [-0.25, -0.2) is 0 Å². The molecule has 0 heterocycles. The van der Waals surface area contributed by atoms with Gasteiger partial charge in [-0.05, 0) is 43.4 Å². The Hall–Kier alpha value is -1.56. The molecule has 0 spiro atoms. The molecule has 3 unspecified atom stereocenters. The van der Waals surface area contributed by atoms with Crippen LogP contribution in [0.1, 0.15) is 43.7 Å². The van der Waals surface area contributed by atoms with Crippen molar-refractivity contribution in [1.82, 2.24) is 10.6 Å². The molecule has 1 aliphatic carbocycles. The molecule has 1 aliphatic rings. The highest BCUT2D eigenvalue weighted by atomic mass is 32.2. The Morgan fingerprint density at radius 2 is 2.20 bits per heavy atom. The first kappa shape index (κ1) is 19.8. The lowest BCUT2D eigenvalue weighted by atomic mass is 9.95. The van der Waals surface area contributed by atoms with Crippen molar-refractivity contribution < 1.29 is 8.95 Å². The highest BCUT2D eigenvalue weighted by molar-refractivity contribution is 7.85. The molecule has 3 atom stereocenters. The summed E-state index contributed by atoms with van der Waals surface area (Å²) in [6.07, 6.45) is 4.28. The molecule has 0 aliphatic heterocycles. The Bertz CT molecular complexity index is 619. The molecular formula is C19H31N3O2S. The Kier molecular flexibility index (Phi) is 7.75. The van der Waals surface area contributed by atoms with Gasteiger partial charge in [-0.3, -0.25) is 9.20 Å². The summed E-state index contributed by atoms with van der Waals surface area (Å²) in [6.45, 7) is 4.76. The van der Waals surface area contributed by atoms with E-state index in [-0.39, 0.29) is 0 Å². The molecule has 0 bridgehead atoms. The Labute approximate surface area is 154 Å². The maximum Gasteiger partial charge on any atom is 0.191 e. The van der Waals surface area contributed by atoms with Gasteiger partial charge in [0.05, 0.1) is 7.11 Å². The minimum Gasteiger partial charge on any atom is -0.496 e. The lowest BCUT2D eigenvalue weighted by Gasteiger charge is -2.30. The molecule has 0 amide bonds. The van der Waals surface area contributed by atoms with Gasteiger partial charge >= 0.3 is 0 Å². The zero-order chi connectivity index (χ0) is 18.2. The fourth-order valence-electron chi connectivity index (χ4n) is 3.37. The number of methoxy groups -OCH3 is 1. The molecule has 1 fully saturated rings. The second-order valence-electron chi connectivity index (χ2n) is 6.53. The van der Waals surface area contributed by atoms with E-state index in [4.69, 9.17) is 4.74 Å². The van der Waals surface area contributed by atoms with Crippen LogP contribution in [0.15, 0.2) is 23.2 Å². The van der Waals surface area contributed by atoms with Gasteiger partial charge in [0.25, 0.3) is 0 Å².